The number of carboxylic acids is 1. The fraction of sp³-hybridized carbons (Fsp3) is 0.231. The van der Waals surface area contributed by atoms with Crippen molar-refractivity contribution < 1.29 is 37.7 Å². The number of carbonyl (C=O) groups is 2. The van der Waals surface area contributed by atoms with Gasteiger partial charge in [0.25, 0.3) is 5.91 Å². The normalized spacial score (nSPS) is 12.8. The maximum atomic E-state index is 12.9. The number of halogens is 1. The first kappa shape index (κ1) is 42.6. The predicted molar refractivity (Wildman–Crippen MR) is 211 cm³/mol. The monoisotopic (exact) mass is 816 g/mol. The lowest BCUT2D eigenvalue weighted by Gasteiger charge is -2.15. The SMILES string of the molecule is CN(C)S(=O)(=O)c1ccc2nc(C(=O)NCc3ccc(F)cc3)c(O)c(=O)n2c1.NCc1ccccc1.O=C(O)c1nc2ccc(CN3CCCC3)cn2c(=O)c1O. The number of benzene rings is 2. The van der Waals surface area contributed by atoms with E-state index in [0.29, 0.717) is 12.1 Å². The Balaban J connectivity index is 0.000000191. The van der Waals surface area contributed by atoms with E-state index in [4.69, 9.17) is 10.8 Å². The number of hydrogen-bond acceptors (Lipinski definition) is 12. The molecule has 0 saturated carbocycles. The molecule has 19 heteroatoms. The van der Waals surface area contributed by atoms with Gasteiger partial charge in [-0.25, -0.2) is 31.9 Å². The Labute approximate surface area is 331 Å². The number of aromatic hydroxyl groups is 2. The van der Waals surface area contributed by atoms with Gasteiger partial charge in [-0.15, -0.1) is 0 Å². The van der Waals surface area contributed by atoms with Crippen molar-refractivity contribution in [1.82, 2.24) is 33.3 Å². The highest BCUT2D eigenvalue weighted by atomic mass is 32.2. The Kier molecular flexibility index (Phi) is 13.7. The lowest BCUT2D eigenvalue weighted by molar-refractivity contribution is 0.0686. The van der Waals surface area contributed by atoms with Crippen LogP contribution >= 0.6 is 0 Å². The van der Waals surface area contributed by atoms with Crippen LogP contribution in [0.4, 0.5) is 4.39 Å². The number of hydrogen-bond donors (Lipinski definition) is 5. The van der Waals surface area contributed by atoms with Gasteiger partial charge in [0.15, 0.2) is 11.4 Å². The Morgan fingerprint density at radius 3 is 1.91 bits per heavy atom. The quantitative estimate of drug-likeness (QED) is 0.141. The van der Waals surface area contributed by atoms with Crippen molar-refractivity contribution in [3.8, 4) is 11.5 Å². The Morgan fingerprint density at radius 1 is 0.793 bits per heavy atom. The van der Waals surface area contributed by atoms with E-state index < -0.39 is 61.7 Å². The molecular formula is C39H41FN8O9S. The van der Waals surface area contributed by atoms with Crippen LogP contribution in [0, 0.1) is 5.82 Å². The van der Waals surface area contributed by atoms with E-state index in [1.807, 2.05) is 36.4 Å². The van der Waals surface area contributed by atoms with E-state index in [1.54, 1.807) is 12.3 Å². The van der Waals surface area contributed by atoms with Gasteiger partial charge in [0.2, 0.25) is 21.5 Å². The molecule has 1 fully saturated rings. The van der Waals surface area contributed by atoms with Gasteiger partial charge in [-0.1, -0.05) is 48.5 Å². The van der Waals surface area contributed by atoms with Crippen LogP contribution in [0.25, 0.3) is 11.3 Å². The van der Waals surface area contributed by atoms with Gasteiger partial charge in [-0.05, 0) is 73.0 Å². The van der Waals surface area contributed by atoms with E-state index >= 15 is 0 Å². The summed E-state index contributed by atoms with van der Waals surface area (Å²) in [5.41, 5.74) is 5.39. The first-order valence-electron chi connectivity index (χ1n) is 17.7. The number of nitrogens with zero attached hydrogens (tertiary/aromatic N) is 6. The summed E-state index contributed by atoms with van der Waals surface area (Å²) < 4.78 is 40.4. The molecule has 2 aromatic carbocycles. The second kappa shape index (κ2) is 18.6. The van der Waals surface area contributed by atoms with Crippen molar-refractivity contribution in [3.63, 3.8) is 0 Å². The maximum Gasteiger partial charge on any atom is 0.358 e. The molecular weight excluding hydrogens is 776 g/mol. The number of rotatable bonds is 9. The zero-order valence-corrected chi connectivity index (χ0v) is 32.3. The van der Waals surface area contributed by atoms with Crippen molar-refractivity contribution in [2.24, 2.45) is 5.73 Å². The summed E-state index contributed by atoms with van der Waals surface area (Å²) >= 11 is 0. The number of fused-ring (bicyclic) bond motifs is 2. The fourth-order valence-corrected chi connectivity index (χ4v) is 6.63. The molecule has 1 amide bonds. The van der Waals surface area contributed by atoms with Crippen LogP contribution in [0.2, 0.25) is 0 Å². The number of sulfonamides is 1. The lowest BCUT2D eigenvalue weighted by Crippen LogP contribution is -2.28. The maximum absolute atomic E-state index is 12.9. The minimum atomic E-state index is -3.81. The van der Waals surface area contributed by atoms with Crippen LogP contribution in [0.3, 0.4) is 0 Å². The summed E-state index contributed by atoms with van der Waals surface area (Å²) in [6, 6.07) is 21.3. The molecule has 6 N–H and O–H groups in total. The van der Waals surface area contributed by atoms with Crippen LogP contribution in [0.5, 0.6) is 11.5 Å². The van der Waals surface area contributed by atoms with E-state index in [0.717, 1.165) is 40.1 Å². The molecule has 58 heavy (non-hydrogen) atoms. The highest BCUT2D eigenvalue weighted by molar-refractivity contribution is 7.89. The average Bonchev–Trinajstić information content (AvgIpc) is 3.74. The van der Waals surface area contributed by atoms with Crippen molar-refractivity contribution in [2.75, 3.05) is 27.2 Å². The van der Waals surface area contributed by atoms with Crippen LogP contribution < -0.4 is 22.2 Å². The van der Waals surface area contributed by atoms with Gasteiger partial charge in [0.1, 0.15) is 17.1 Å². The molecule has 1 aliphatic heterocycles. The van der Waals surface area contributed by atoms with E-state index in [1.165, 1.54) is 73.3 Å². The third-order valence-corrected chi connectivity index (χ3v) is 10.7. The molecule has 0 aliphatic carbocycles. The number of carbonyl (C=O) groups excluding carboxylic acids is 1. The van der Waals surface area contributed by atoms with Crippen molar-refractivity contribution in [2.45, 2.75) is 37.4 Å². The number of aromatic carboxylic acids is 1. The predicted octanol–water partition coefficient (Wildman–Crippen LogP) is 2.56. The van der Waals surface area contributed by atoms with Crippen LogP contribution in [-0.4, -0.2) is 90.8 Å². The molecule has 7 rings (SSSR count). The summed E-state index contributed by atoms with van der Waals surface area (Å²) in [6.07, 6.45) is 4.99. The summed E-state index contributed by atoms with van der Waals surface area (Å²) in [7, 11) is -1.13. The van der Waals surface area contributed by atoms with E-state index in [2.05, 4.69) is 20.2 Å². The number of nitrogens with two attached hydrogens (primary N) is 1. The van der Waals surface area contributed by atoms with Gasteiger partial charge in [-0.3, -0.25) is 28.1 Å². The third kappa shape index (κ3) is 10.1. The van der Waals surface area contributed by atoms with Gasteiger partial charge in [0.05, 0.1) is 4.90 Å². The molecule has 0 spiro atoms. The Hall–Kier alpha value is -6.54. The molecule has 4 aromatic heterocycles. The number of aromatic nitrogens is 4. The zero-order valence-electron chi connectivity index (χ0n) is 31.4. The molecule has 6 aromatic rings. The summed E-state index contributed by atoms with van der Waals surface area (Å²) in [6.45, 7) is 3.47. The third-order valence-electron chi connectivity index (χ3n) is 8.88. The minimum Gasteiger partial charge on any atom is -0.501 e. The largest absolute Gasteiger partial charge is 0.501 e. The second-order valence-electron chi connectivity index (χ2n) is 13.2. The van der Waals surface area contributed by atoms with Crippen molar-refractivity contribution >= 4 is 33.2 Å². The van der Waals surface area contributed by atoms with Crippen molar-refractivity contribution in [3.05, 3.63) is 146 Å². The first-order valence-corrected chi connectivity index (χ1v) is 19.2. The summed E-state index contributed by atoms with van der Waals surface area (Å²) in [5.74, 6) is -4.40. The molecule has 0 bridgehead atoms. The van der Waals surface area contributed by atoms with Crippen LogP contribution in [-0.2, 0) is 29.7 Å². The lowest BCUT2D eigenvalue weighted by atomic mass is 10.2. The number of nitrogens with one attached hydrogen (secondary N) is 1. The van der Waals surface area contributed by atoms with Gasteiger partial charge < -0.3 is 26.4 Å². The average molecular weight is 817 g/mol. The van der Waals surface area contributed by atoms with Gasteiger partial charge in [-0.2, -0.15) is 0 Å². The standard InChI is InChI=1S/C18H17FN4O5S.C14H15N3O4.C7H9N/c1-22(2)29(27,28)13-7-8-14-21-15(16(24)18(26)23(14)10-13)17(25)20-9-11-3-5-12(19)6-4-11;18-12-11(14(20)21)15-10-4-3-9(8-17(10)13(12)19)7-16-5-1-2-6-16;8-6-7-4-2-1-3-5-7/h3-8,10,24H,9H2,1-2H3,(H,20,25);3-4,8,18H,1-2,5-7H2,(H,20,21);1-5H,6,8H2. The number of amides is 1. The molecule has 5 heterocycles. The second-order valence-corrected chi connectivity index (χ2v) is 15.3. The fourth-order valence-electron chi connectivity index (χ4n) is 5.73. The van der Waals surface area contributed by atoms with Gasteiger partial charge in [0, 0.05) is 46.1 Å². The van der Waals surface area contributed by atoms with Crippen molar-refractivity contribution in [1.29, 1.82) is 0 Å². The van der Waals surface area contributed by atoms with Gasteiger partial charge >= 0.3 is 17.1 Å². The van der Waals surface area contributed by atoms with E-state index in [-0.39, 0.29) is 22.7 Å². The minimum absolute atomic E-state index is 0.0163. The Bertz CT molecular complexity index is 2670. The zero-order chi connectivity index (χ0) is 42.1. The Morgan fingerprint density at radius 2 is 1.34 bits per heavy atom. The highest BCUT2D eigenvalue weighted by Gasteiger charge is 2.22. The molecule has 0 atom stereocenters. The molecule has 304 valence electrons. The van der Waals surface area contributed by atoms with E-state index in [9.17, 15) is 42.2 Å². The topological polar surface area (TPSA) is 242 Å². The highest BCUT2D eigenvalue weighted by Crippen LogP contribution is 2.18. The molecule has 17 nitrogen and oxygen atoms in total. The van der Waals surface area contributed by atoms with Crippen LogP contribution in [0.1, 0.15) is 50.5 Å². The number of likely N-dealkylation sites (tertiary alicyclic amines) is 1. The molecule has 0 radical (unpaired) electrons. The molecule has 1 saturated heterocycles. The number of carboxylic acid groups (broad SMARTS) is 1. The van der Waals surface area contributed by atoms with Crippen LogP contribution in [0.15, 0.2) is 106 Å². The smallest absolute Gasteiger partial charge is 0.358 e. The summed E-state index contributed by atoms with van der Waals surface area (Å²) in [5, 5.41) is 31.2. The first-order chi connectivity index (χ1) is 27.6. The summed E-state index contributed by atoms with van der Waals surface area (Å²) in [4.78, 5) is 57.7. The molecule has 1 aliphatic rings. The number of pyridine rings is 2. The molecule has 0 unspecified atom stereocenters.